The summed E-state index contributed by atoms with van der Waals surface area (Å²) in [5.41, 5.74) is 4.69. The van der Waals surface area contributed by atoms with Gasteiger partial charge >= 0.3 is 6.03 Å². The van der Waals surface area contributed by atoms with Crippen molar-refractivity contribution in [2.75, 3.05) is 12.3 Å². The van der Waals surface area contributed by atoms with E-state index in [-0.39, 0.29) is 30.8 Å². The van der Waals surface area contributed by atoms with Crippen LogP contribution in [0.5, 0.6) is 0 Å². The van der Waals surface area contributed by atoms with Gasteiger partial charge in [0.05, 0.1) is 18.8 Å². The summed E-state index contributed by atoms with van der Waals surface area (Å²) in [5.74, 6) is 0.380. The molecule has 9 heteroatoms. The number of aliphatic hydroxyl groups is 1. The maximum Gasteiger partial charge on any atom is 0.315 e. The molecule has 1 aliphatic rings. The lowest BCUT2D eigenvalue weighted by molar-refractivity contribution is -0.645. The van der Waals surface area contributed by atoms with Crippen molar-refractivity contribution in [2.45, 2.75) is 49.5 Å². The third-order valence-electron chi connectivity index (χ3n) is 7.20. The summed E-state index contributed by atoms with van der Waals surface area (Å²) in [6.45, 7) is 2.80. The minimum atomic E-state index is -0.654. The first-order valence-electron chi connectivity index (χ1n) is 14.0. The standard InChI is InChI=1S/C33H35N3O5S/c1-2-34-33(38)35-20-23-11-17-27(18-12-23)32-40-28(22-42-29-10-6-7-19-36(29)39)30(25-8-4-3-5-9-25)31(41-32)26-15-13-24(21-37)14-16-26/h3-19,28,30-32,37H,2,20-22H2,1H3,(H2,34,35,38)/t28-,30-,31+,32?/m1/s1. The molecule has 1 saturated heterocycles. The number of hydrogen-bond donors (Lipinski definition) is 3. The Morgan fingerprint density at radius 1 is 0.857 bits per heavy atom. The first kappa shape index (κ1) is 29.6. The first-order chi connectivity index (χ1) is 20.6. The number of nitrogens with zero attached hydrogens (tertiary/aromatic N) is 1. The van der Waals surface area contributed by atoms with E-state index < -0.39 is 6.29 Å². The molecule has 4 aromatic rings. The van der Waals surface area contributed by atoms with Gasteiger partial charge in [-0.1, -0.05) is 90.6 Å². The number of thioether (sulfide) groups is 1. The second-order valence-corrected chi connectivity index (χ2v) is 11.1. The number of rotatable bonds is 10. The van der Waals surface area contributed by atoms with Gasteiger partial charge in [0, 0.05) is 42.5 Å². The molecule has 3 N–H and O–H groups in total. The number of carbonyl (C=O) groups excluding carboxylic acids is 1. The Bertz CT molecular complexity index is 1440. The third kappa shape index (κ3) is 7.30. The van der Waals surface area contributed by atoms with Crippen molar-refractivity contribution in [3.8, 4) is 0 Å². The molecule has 0 radical (unpaired) electrons. The minimum absolute atomic E-state index is 0.0352. The molecule has 1 aromatic heterocycles. The van der Waals surface area contributed by atoms with E-state index in [1.165, 1.54) is 18.0 Å². The summed E-state index contributed by atoms with van der Waals surface area (Å²) in [6.07, 6.45) is 0.202. The van der Waals surface area contributed by atoms with Crippen LogP contribution in [0.1, 0.15) is 53.1 Å². The maximum absolute atomic E-state index is 12.4. The van der Waals surface area contributed by atoms with Crippen LogP contribution in [0.25, 0.3) is 0 Å². The summed E-state index contributed by atoms with van der Waals surface area (Å²) in [5, 5.41) is 28.2. The van der Waals surface area contributed by atoms with E-state index in [2.05, 4.69) is 22.8 Å². The molecule has 1 aliphatic heterocycles. The summed E-state index contributed by atoms with van der Waals surface area (Å²) in [6, 6.07) is 31.0. The Morgan fingerprint density at radius 2 is 1.55 bits per heavy atom. The molecule has 8 nitrogen and oxygen atoms in total. The van der Waals surface area contributed by atoms with Crippen LogP contribution in [0.4, 0.5) is 4.79 Å². The van der Waals surface area contributed by atoms with Crippen LogP contribution in [-0.2, 0) is 22.6 Å². The van der Waals surface area contributed by atoms with Gasteiger partial charge in [0.25, 0.3) is 5.03 Å². The van der Waals surface area contributed by atoms with Crippen molar-refractivity contribution >= 4 is 17.8 Å². The summed E-state index contributed by atoms with van der Waals surface area (Å²) >= 11 is 1.46. The Hall–Kier alpha value is -3.89. The Labute approximate surface area is 250 Å². The Balaban J connectivity index is 1.46. The van der Waals surface area contributed by atoms with Gasteiger partial charge in [0.1, 0.15) is 0 Å². The number of aliphatic hydroxyl groups excluding tert-OH is 1. The molecule has 0 spiro atoms. The largest absolute Gasteiger partial charge is 0.618 e. The zero-order valence-corrected chi connectivity index (χ0v) is 24.2. The van der Waals surface area contributed by atoms with Crippen LogP contribution in [0, 0.1) is 5.21 Å². The average Bonchev–Trinajstić information content (AvgIpc) is 3.04. The van der Waals surface area contributed by atoms with Crippen molar-refractivity contribution < 1.29 is 24.1 Å². The maximum atomic E-state index is 12.4. The number of ether oxygens (including phenoxy) is 2. The predicted molar refractivity (Wildman–Crippen MR) is 161 cm³/mol. The number of nitrogens with one attached hydrogen (secondary N) is 2. The SMILES string of the molecule is CCNC(=O)NCc1ccc(C2O[C@H](CSc3cccc[n+]3[O-])[C@@H](c3ccccc3)[C@H](c3ccc(CO)cc3)O2)cc1. The normalized spacial score (nSPS) is 20.1. The van der Waals surface area contributed by atoms with E-state index in [0.29, 0.717) is 23.9 Å². The predicted octanol–water partition coefficient (Wildman–Crippen LogP) is 5.36. The number of hydrogen-bond acceptors (Lipinski definition) is 6. The zero-order chi connectivity index (χ0) is 29.3. The van der Waals surface area contributed by atoms with E-state index in [1.54, 1.807) is 6.07 Å². The second kappa shape index (κ2) is 14.3. The minimum Gasteiger partial charge on any atom is -0.618 e. The van der Waals surface area contributed by atoms with Gasteiger partial charge in [-0.2, -0.15) is 4.73 Å². The molecule has 3 aromatic carbocycles. The van der Waals surface area contributed by atoms with Crippen molar-refractivity contribution in [2.24, 2.45) is 0 Å². The van der Waals surface area contributed by atoms with Gasteiger partial charge in [0.15, 0.2) is 12.5 Å². The van der Waals surface area contributed by atoms with Crippen LogP contribution >= 0.6 is 11.8 Å². The number of carbonyl (C=O) groups is 1. The molecule has 2 heterocycles. The van der Waals surface area contributed by atoms with Crippen molar-refractivity contribution in [1.82, 2.24) is 10.6 Å². The molecular weight excluding hydrogens is 550 g/mol. The molecule has 1 unspecified atom stereocenters. The van der Waals surface area contributed by atoms with Gasteiger partial charge in [-0.25, -0.2) is 4.79 Å². The highest BCUT2D eigenvalue weighted by Gasteiger charge is 2.42. The van der Waals surface area contributed by atoms with Gasteiger partial charge in [-0.15, -0.1) is 0 Å². The van der Waals surface area contributed by atoms with Crippen molar-refractivity contribution in [1.29, 1.82) is 0 Å². The van der Waals surface area contributed by atoms with Gasteiger partial charge in [-0.3, -0.25) is 0 Å². The van der Waals surface area contributed by atoms with Crippen LogP contribution in [0.2, 0.25) is 0 Å². The lowest BCUT2D eigenvalue weighted by Crippen LogP contribution is -2.39. The van der Waals surface area contributed by atoms with Crippen molar-refractivity contribution in [3.05, 3.63) is 136 Å². The number of amides is 2. The Kier molecular flexibility index (Phi) is 10.1. The highest BCUT2D eigenvalue weighted by atomic mass is 32.2. The van der Waals surface area contributed by atoms with Crippen LogP contribution in [-0.4, -0.2) is 29.5 Å². The van der Waals surface area contributed by atoms with Crippen LogP contribution in [0.15, 0.2) is 108 Å². The highest BCUT2D eigenvalue weighted by molar-refractivity contribution is 7.99. The molecule has 0 bridgehead atoms. The topological polar surface area (TPSA) is 107 Å². The smallest absolute Gasteiger partial charge is 0.315 e. The fraction of sp³-hybridized carbons (Fsp3) is 0.273. The molecule has 0 saturated carbocycles. The lowest BCUT2D eigenvalue weighted by atomic mass is 9.84. The third-order valence-corrected chi connectivity index (χ3v) is 8.30. The molecule has 42 heavy (non-hydrogen) atoms. The number of urea groups is 1. The monoisotopic (exact) mass is 585 g/mol. The number of aromatic nitrogens is 1. The van der Waals surface area contributed by atoms with E-state index in [0.717, 1.165) is 32.5 Å². The molecule has 4 atom stereocenters. The number of pyridine rings is 1. The molecule has 218 valence electrons. The van der Waals surface area contributed by atoms with E-state index in [1.807, 2.05) is 85.8 Å². The van der Waals surface area contributed by atoms with Crippen molar-refractivity contribution in [3.63, 3.8) is 0 Å². The van der Waals surface area contributed by atoms with E-state index >= 15 is 0 Å². The average molecular weight is 586 g/mol. The summed E-state index contributed by atoms with van der Waals surface area (Å²) in [7, 11) is 0. The lowest BCUT2D eigenvalue weighted by Gasteiger charge is -2.43. The fourth-order valence-corrected chi connectivity index (χ4v) is 6.03. The van der Waals surface area contributed by atoms with Gasteiger partial charge < -0.3 is 30.4 Å². The highest BCUT2D eigenvalue weighted by Crippen LogP contribution is 2.47. The molecule has 1 fully saturated rings. The quantitative estimate of drug-likeness (QED) is 0.131. The van der Waals surface area contributed by atoms with Gasteiger partial charge in [0.2, 0.25) is 0 Å². The molecule has 0 aliphatic carbocycles. The second-order valence-electron chi connectivity index (χ2n) is 10.0. The molecule has 5 rings (SSSR count). The molecular formula is C33H35N3O5S. The van der Waals surface area contributed by atoms with Crippen LogP contribution < -0.4 is 15.4 Å². The first-order valence-corrected chi connectivity index (χ1v) is 15.0. The van der Waals surface area contributed by atoms with Crippen LogP contribution in [0.3, 0.4) is 0 Å². The van der Waals surface area contributed by atoms with E-state index in [9.17, 15) is 15.1 Å². The van der Waals surface area contributed by atoms with E-state index in [4.69, 9.17) is 9.47 Å². The summed E-state index contributed by atoms with van der Waals surface area (Å²) in [4.78, 5) is 11.8. The fourth-order valence-electron chi connectivity index (χ4n) is 5.04. The Morgan fingerprint density at radius 3 is 2.24 bits per heavy atom. The zero-order valence-electron chi connectivity index (χ0n) is 23.4. The van der Waals surface area contributed by atoms with Gasteiger partial charge in [-0.05, 0) is 35.2 Å². The number of benzene rings is 3. The molecule has 2 amide bonds. The summed E-state index contributed by atoms with van der Waals surface area (Å²) < 4.78 is 14.3.